The molecule has 0 amide bonds. The first kappa shape index (κ1) is 16.2. The first-order chi connectivity index (χ1) is 9.95. The molecule has 0 saturated carbocycles. The van der Waals surface area contributed by atoms with E-state index in [1.165, 1.54) is 17.4 Å². The Morgan fingerprint density at radius 2 is 2.24 bits per heavy atom. The summed E-state index contributed by atoms with van der Waals surface area (Å²) in [6, 6.07) is 5.13. The van der Waals surface area contributed by atoms with Crippen molar-refractivity contribution < 1.29 is 12.8 Å². The van der Waals surface area contributed by atoms with Crippen molar-refractivity contribution in [3.8, 4) is 0 Å². The second-order valence-electron chi connectivity index (χ2n) is 4.50. The lowest BCUT2D eigenvalue weighted by molar-refractivity contribution is 0.454. The summed E-state index contributed by atoms with van der Waals surface area (Å²) in [6.45, 7) is 0.704. The van der Waals surface area contributed by atoms with Crippen molar-refractivity contribution in [3.63, 3.8) is 0 Å². The molecular weight excluding hydrogens is 358 g/mol. The van der Waals surface area contributed by atoms with E-state index >= 15 is 0 Å². The van der Waals surface area contributed by atoms with Gasteiger partial charge in [0.15, 0.2) is 4.67 Å². The summed E-state index contributed by atoms with van der Waals surface area (Å²) in [5.41, 5.74) is 0.818. The number of hydrogen-bond acceptors (Lipinski definition) is 5. The molecule has 1 N–H and O–H groups in total. The molecule has 0 unspecified atom stereocenters. The number of pyridine rings is 1. The molecule has 0 aromatic carbocycles. The maximum Gasteiger partial charge on any atom is 0.247 e. The third-order valence-electron chi connectivity index (χ3n) is 2.87. The molecule has 0 radical (unpaired) electrons. The number of halogens is 1. The molecule has 0 fully saturated rings. The first-order valence-electron chi connectivity index (χ1n) is 6.23. The lowest BCUT2D eigenvalue weighted by Crippen LogP contribution is -2.26. The Hall–Kier alpha value is -1.22. The third kappa shape index (κ3) is 3.70. The van der Waals surface area contributed by atoms with Crippen molar-refractivity contribution in [2.75, 3.05) is 14.1 Å². The normalized spacial score (nSPS) is 12.0. The standard InChI is InChI=1S/C13H16BrN3O3S/c1-15-8-11-6-12(13(14)20-11)21(18,19)17(2)9-10-4-3-5-16-7-10/h3-7,15H,8-9H2,1-2H3. The molecule has 6 nitrogen and oxygen atoms in total. The summed E-state index contributed by atoms with van der Waals surface area (Å²) >= 11 is 3.16. The fourth-order valence-corrected chi connectivity index (χ4v) is 3.95. The van der Waals surface area contributed by atoms with Crippen LogP contribution >= 0.6 is 15.9 Å². The molecule has 0 spiro atoms. The van der Waals surface area contributed by atoms with Gasteiger partial charge in [0.25, 0.3) is 0 Å². The number of hydrogen-bond donors (Lipinski definition) is 1. The maximum absolute atomic E-state index is 12.6. The topological polar surface area (TPSA) is 75.4 Å². The minimum Gasteiger partial charge on any atom is -0.452 e. The molecule has 8 heteroatoms. The Kier molecular flexibility index (Phi) is 5.15. The van der Waals surface area contributed by atoms with Gasteiger partial charge in [0.05, 0.1) is 6.54 Å². The number of aromatic nitrogens is 1. The van der Waals surface area contributed by atoms with Crippen molar-refractivity contribution in [2.24, 2.45) is 0 Å². The second-order valence-corrected chi connectivity index (χ2v) is 7.24. The van der Waals surface area contributed by atoms with Crippen LogP contribution in [0.4, 0.5) is 0 Å². The van der Waals surface area contributed by atoms with Crippen LogP contribution in [-0.4, -0.2) is 31.8 Å². The van der Waals surface area contributed by atoms with Gasteiger partial charge in [-0.2, -0.15) is 4.31 Å². The zero-order valence-corrected chi connectivity index (χ0v) is 14.1. The summed E-state index contributed by atoms with van der Waals surface area (Å²) in [5.74, 6) is 0.553. The molecule has 0 aliphatic rings. The van der Waals surface area contributed by atoms with Gasteiger partial charge in [-0.15, -0.1) is 0 Å². The van der Waals surface area contributed by atoms with E-state index in [1.807, 2.05) is 6.07 Å². The van der Waals surface area contributed by atoms with Crippen LogP contribution in [0.5, 0.6) is 0 Å². The zero-order valence-electron chi connectivity index (χ0n) is 11.7. The molecule has 0 saturated heterocycles. The van der Waals surface area contributed by atoms with Crippen LogP contribution in [0.1, 0.15) is 11.3 Å². The molecule has 0 aliphatic carbocycles. The second kappa shape index (κ2) is 6.69. The Balaban J connectivity index is 2.24. The van der Waals surface area contributed by atoms with Gasteiger partial charge in [0.2, 0.25) is 10.0 Å². The zero-order chi connectivity index (χ0) is 15.5. The predicted molar refractivity (Wildman–Crippen MR) is 82.1 cm³/mol. The van der Waals surface area contributed by atoms with Crippen LogP contribution < -0.4 is 5.32 Å². The third-order valence-corrected chi connectivity index (χ3v) is 5.53. The van der Waals surface area contributed by atoms with Gasteiger partial charge in [0.1, 0.15) is 10.7 Å². The molecule has 2 aromatic heterocycles. The predicted octanol–water partition coefficient (Wildman–Crippen LogP) is 1.98. The van der Waals surface area contributed by atoms with Crippen LogP contribution in [0.15, 0.2) is 44.6 Å². The summed E-state index contributed by atoms with van der Waals surface area (Å²) in [4.78, 5) is 4.11. The summed E-state index contributed by atoms with van der Waals surface area (Å²) in [5, 5.41) is 2.91. The van der Waals surface area contributed by atoms with E-state index in [0.29, 0.717) is 12.3 Å². The monoisotopic (exact) mass is 373 g/mol. The van der Waals surface area contributed by atoms with Gasteiger partial charge in [-0.3, -0.25) is 4.98 Å². The molecule has 2 heterocycles. The van der Waals surface area contributed by atoms with E-state index in [-0.39, 0.29) is 16.1 Å². The van der Waals surface area contributed by atoms with E-state index in [9.17, 15) is 8.42 Å². The highest BCUT2D eigenvalue weighted by Crippen LogP contribution is 2.28. The summed E-state index contributed by atoms with van der Waals surface area (Å²) in [7, 11) is -0.338. The number of nitrogens with one attached hydrogen (secondary N) is 1. The van der Waals surface area contributed by atoms with E-state index < -0.39 is 10.0 Å². The average Bonchev–Trinajstić information content (AvgIpc) is 2.82. The Morgan fingerprint density at radius 3 is 2.86 bits per heavy atom. The Bertz CT molecular complexity index is 701. The molecular formula is C13H16BrN3O3S. The molecule has 114 valence electrons. The summed E-state index contributed by atoms with van der Waals surface area (Å²) in [6.07, 6.45) is 3.29. The molecule has 0 atom stereocenters. The lowest BCUT2D eigenvalue weighted by Gasteiger charge is -2.16. The molecule has 2 aromatic rings. The van der Waals surface area contributed by atoms with Crippen molar-refractivity contribution in [1.29, 1.82) is 0 Å². The van der Waals surface area contributed by atoms with Gasteiger partial charge >= 0.3 is 0 Å². The highest BCUT2D eigenvalue weighted by molar-refractivity contribution is 9.10. The number of rotatable bonds is 6. The van der Waals surface area contributed by atoms with Crippen LogP contribution in [0.3, 0.4) is 0 Å². The average molecular weight is 374 g/mol. The minimum absolute atomic E-state index is 0.124. The molecule has 0 bridgehead atoms. The number of sulfonamides is 1. The van der Waals surface area contributed by atoms with E-state index in [1.54, 1.807) is 25.5 Å². The summed E-state index contributed by atoms with van der Waals surface area (Å²) < 4.78 is 32.0. The van der Waals surface area contributed by atoms with E-state index in [0.717, 1.165) is 5.56 Å². The van der Waals surface area contributed by atoms with Crippen LogP contribution in [0.2, 0.25) is 0 Å². The van der Waals surface area contributed by atoms with Crippen molar-refractivity contribution >= 4 is 26.0 Å². The van der Waals surface area contributed by atoms with Crippen LogP contribution in [0, 0.1) is 0 Å². The first-order valence-corrected chi connectivity index (χ1v) is 8.46. The highest BCUT2D eigenvalue weighted by Gasteiger charge is 2.27. The van der Waals surface area contributed by atoms with Crippen molar-refractivity contribution in [3.05, 3.63) is 46.6 Å². The lowest BCUT2D eigenvalue weighted by atomic mass is 10.3. The quantitative estimate of drug-likeness (QED) is 0.837. The van der Waals surface area contributed by atoms with Crippen molar-refractivity contribution in [2.45, 2.75) is 18.0 Å². The largest absolute Gasteiger partial charge is 0.452 e. The van der Waals surface area contributed by atoms with Gasteiger partial charge < -0.3 is 9.73 Å². The Morgan fingerprint density at radius 1 is 1.48 bits per heavy atom. The van der Waals surface area contributed by atoms with Gasteiger partial charge in [-0.1, -0.05) is 6.07 Å². The van der Waals surface area contributed by atoms with Crippen molar-refractivity contribution in [1.82, 2.24) is 14.6 Å². The van der Waals surface area contributed by atoms with E-state index in [4.69, 9.17) is 4.42 Å². The Labute approximate surface area is 132 Å². The smallest absolute Gasteiger partial charge is 0.247 e. The van der Waals surface area contributed by atoms with Gasteiger partial charge in [0, 0.05) is 32.1 Å². The minimum atomic E-state index is -3.63. The van der Waals surface area contributed by atoms with E-state index in [2.05, 4.69) is 26.2 Å². The number of nitrogens with zero attached hydrogens (tertiary/aromatic N) is 2. The highest BCUT2D eigenvalue weighted by atomic mass is 79.9. The van der Waals surface area contributed by atoms with Gasteiger partial charge in [-0.25, -0.2) is 8.42 Å². The maximum atomic E-state index is 12.6. The fourth-order valence-electron chi connectivity index (χ4n) is 1.84. The SMILES string of the molecule is CNCc1cc(S(=O)(=O)N(C)Cc2cccnc2)c(Br)o1. The molecule has 2 rings (SSSR count). The fraction of sp³-hybridized carbons (Fsp3) is 0.308. The van der Waals surface area contributed by atoms with Gasteiger partial charge in [-0.05, 0) is 34.6 Å². The molecule has 0 aliphatic heterocycles. The molecule has 21 heavy (non-hydrogen) atoms. The van der Waals surface area contributed by atoms with Crippen LogP contribution in [0.25, 0.3) is 0 Å². The number of furan rings is 1. The van der Waals surface area contributed by atoms with Crippen LogP contribution in [-0.2, 0) is 23.1 Å².